The average Bonchev–Trinajstić information content (AvgIpc) is 3.01. The van der Waals surface area contributed by atoms with E-state index in [4.69, 9.17) is 4.74 Å². The van der Waals surface area contributed by atoms with E-state index in [1.807, 2.05) is 72.8 Å². The number of ketones is 1. The Morgan fingerprint density at radius 1 is 0.692 bits per heavy atom. The minimum atomic E-state index is -0.116. The predicted octanol–water partition coefficient (Wildman–Crippen LogP) is 5.45. The highest BCUT2D eigenvalue weighted by Gasteiger charge is 2.38. The lowest BCUT2D eigenvalue weighted by atomic mass is 9.86. The van der Waals surface area contributed by atoms with Crippen molar-refractivity contribution in [2.75, 3.05) is 0 Å². The van der Waals surface area contributed by atoms with Gasteiger partial charge in [-0.2, -0.15) is 0 Å². The number of hydrogen-bond acceptors (Lipinski definition) is 2. The van der Waals surface area contributed by atoms with E-state index in [2.05, 4.69) is 18.2 Å². The fourth-order valence-corrected chi connectivity index (χ4v) is 3.72. The molecule has 1 aliphatic heterocycles. The molecule has 0 N–H and O–H groups in total. The molecule has 5 rings (SSSR count). The second-order valence-electron chi connectivity index (χ2n) is 6.50. The smallest absolute Gasteiger partial charge is 0.194 e. The van der Waals surface area contributed by atoms with E-state index in [9.17, 15) is 4.79 Å². The largest absolute Gasteiger partial charge is 0.456 e. The molecule has 0 fully saturated rings. The first kappa shape index (κ1) is 14.9. The van der Waals surface area contributed by atoms with Crippen LogP contribution in [0.5, 0.6) is 0 Å². The number of carbonyl (C=O) groups is 1. The maximum atomic E-state index is 13.1. The lowest BCUT2D eigenvalue weighted by Crippen LogP contribution is -2.12. The highest BCUT2D eigenvalue weighted by Crippen LogP contribution is 2.47. The molecule has 0 bridgehead atoms. The van der Waals surface area contributed by atoms with Gasteiger partial charge in [0.2, 0.25) is 0 Å². The second-order valence-corrected chi connectivity index (χ2v) is 6.50. The molecule has 124 valence electrons. The van der Waals surface area contributed by atoms with Crippen molar-refractivity contribution in [2.45, 2.75) is 5.92 Å². The zero-order valence-electron chi connectivity index (χ0n) is 14.1. The summed E-state index contributed by atoms with van der Waals surface area (Å²) in [4.78, 5) is 13.1. The minimum absolute atomic E-state index is 0.0628. The van der Waals surface area contributed by atoms with Crippen molar-refractivity contribution >= 4 is 17.3 Å². The third-order valence-electron chi connectivity index (χ3n) is 4.96. The van der Waals surface area contributed by atoms with Gasteiger partial charge in [-0.25, -0.2) is 0 Å². The number of hydrogen-bond donors (Lipinski definition) is 0. The van der Waals surface area contributed by atoms with E-state index in [0.717, 1.165) is 33.6 Å². The zero-order valence-corrected chi connectivity index (χ0v) is 14.1. The fourth-order valence-electron chi connectivity index (χ4n) is 3.72. The molecule has 0 radical (unpaired) electrons. The predicted molar refractivity (Wildman–Crippen MR) is 102 cm³/mol. The van der Waals surface area contributed by atoms with Crippen molar-refractivity contribution in [2.24, 2.45) is 0 Å². The summed E-state index contributed by atoms with van der Waals surface area (Å²) in [5.74, 6) is 1.44. The van der Waals surface area contributed by atoms with Gasteiger partial charge in [0.15, 0.2) is 5.78 Å². The number of ether oxygens (including phenoxy) is 1. The lowest BCUT2D eigenvalue weighted by Gasteiger charge is -2.24. The number of Topliss-reactive ketones (excluding diaryl/α,β-unsaturated/α-hetero) is 1. The molecular formula is C24H16O2. The van der Waals surface area contributed by atoms with Crippen LogP contribution in [0, 0.1) is 0 Å². The Kier molecular flexibility index (Phi) is 3.36. The van der Waals surface area contributed by atoms with Gasteiger partial charge in [0, 0.05) is 22.6 Å². The fraction of sp³-hybridized carbons (Fsp3) is 0.0417. The van der Waals surface area contributed by atoms with Crippen molar-refractivity contribution in [1.29, 1.82) is 0 Å². The Morgan fingerprint density at radius 3 is 2.04 bits per heavy atom. The SMILES string of the molecule is O=C1C2=C(OC(c3ccccc3)=CC2c2ccccc2)c2ccccc21. The van der Waals surface area contributed by atoms with E-state index in [1.165, 1.54) is 0 Å². The van der Waals surface area contributed by atoms with E-state index in [-0.39, 0.29) is 11.7 Å². The van der Waals surface area contributed by atoms with E-state index < -0.39 is 0 Å². The Bertz CT molecular complexity index is 1060. The first-order valence-corrected chi connectivity index (χ1v) is 8.71. The number of fused-ring (bicyclic) bond motifs is 2. The third-order valence-corrected chi connectivity index (χ3v) is 4.96. The molecule has 0 saturated heterocycles. The maximum absolute atomic E-state index is 13.1. The number of allylic oxidation sites excluding steroid dienone is 2. The summed E-state index contributed by atoms with van der Waals surface area (Å²) in [6.45, 7) is 0. The topological polar surface area (TPSA) is 26.3 Å². The van der Waals surface area contributed by atoms with Gasteiger partial charge < -0.3 is 4.74 Å². The first-order chi connectivity index (χ1) is 12.8. The zero-order chi connectivity index (χ0) is 17.5. The van der Waals surface area contributed by atoms with Gasteiger partial charge in [-0.3, -0.25) is 4.79 Å². The third kappa shape index (κ3) is 2.23. The molecular weight excluding hydrogens is 320 g/mol. The molecule has 0 saturated carbocycles. The summed E-state index contributed by atoms with van der Waals surface area (Å²) >= 11 is 0. The van der Waals surface area contributed by atoms with Crippen molar-refractivity contribution < 1.29 is 9.53 Å². The molecule has 3 aromatic carbocycles. The van der Waals surface area contributed by atoms with Crippen LogP contribution < -0.4 is 0 Å². The Labute approximate surface area is 152 Å². The van der Waals surface area contributed by atoms with Crippen LogP contribution in [0.25, 0.3) is 11.5 Å². The molecule has 1 atom stereocenters. The molecule has 0 aromatic heterocycles. The molecule has 3 aromatic rings. The molecule has 2 heteroatoms. The van der Waals surface area contributed by atoms with Crippen molar-refractivity contribution in [1.82, 2.24) is 0 Å². The Balaban J connectivity index is 1.71. The summed E-state index contributed by atoms with van der Waals surface area (Å²) in [5.41, 5.74) is 4.45. The van der Waals surface area contributed by atoms with Crippen LogP contribution in [0.2, 0.25) is 0 Å². The Hall–Kier alpha value is -3.39. The lowest BCUT2D eigenvalue weighted by molar-refractivity contribution is 0.103. The molecule has 1 heterocycles. The summed E-state index contributed by atoms with van der Waals surface area (Å²) in [7, 11) is 0. The van der Waals surface area contributed by atoms with E-state index in [0.29, 0.717) is 5.76 Å². The molecule has 1 aliphatic carbocycles. The van der Waals surface area contributed by atoms with Gasteiger partial charge in [0.05, 0.1) is 5.57 Å². The standard InChI is InChI=1S/C24H16O2/c25-23-18-13-7-8-14-19(18)24-22(23)20(16-9-3-1-4-10-16)15-21(26-24)17-11-5-2-6-12-17/h1-15,20H. The van der Waals surface area contributed by atoms with Crippen LogP contribution >= 0.6 is 0 Å². The number of benzene rings is 3. The van der Waals surface area contributed by atoms with E-state index in [1.54, 1.807) is 0 Å². The van der Waals surface area contributed by atoms with Crippen LogP contribution in [-0.4, -0.2) is 5.78 Å². The summed E-state index contributed by atoms with van der Waals surface area (Å²) in [6.07, 6.45) is 2.06. The molecule has 2 aliphatic rings. The molecule has 1 unspecified atom stereocenters. The van der Waals surface area contributed by atoms with E-state index >= 15 is 0 Å². The normalized spacial score (nSPS) is 18.1. The summed E-state index contributed by atoms with van der Waals surface area (Å²) in [6, 6.07) is 27.9. The molecule has 2 nitrogen and oxygen atoms in total. The number of rotatable bonds is 2. The van der Waals surface area contributed by atoms with Gasteiger partial charge >= 0.3 is 0 Å². The van der Waals surface area contributed by atoms with Gasteiger partial charge in [0.25, 0.3) is 0 Å². The summed E-state index contributed by atoms with van der Waals surface area (Å²) < 4.78 is 6.26. The number of carbonyl (C=O) groups excluding carboxylic acids is 1. The van der Waals surface area contributed by atoms with Gasteiger partial charge in [0.1, 0.15) is 11.5 Å². The maximum Gasteiger partial charge on any atom is 0.194 e. The first-order valence-electron chi connectivity index (χ1n) is 8.71. The Morgan fingerprint density at radius 2 is 1.31 bits per heavy atom. The average molecular weight is 336 g/mol. The van der Waals surface area contributed by atoms with Crippen molar-refractivity contribution in [3.63, 3.8) is 0 Å². The highest BCUT2D eigenvalue weighted by molar-refractivity contribution is 6.21. The van der Waals surface area contributed by atoms with Crippen LogP contribution in [0.3, 0.4) is 0 Å². The van der Waals surface area contributed by atoms with Gasteiger partial charge in [-0.1, -0.05) is 84.9 Å². The molecule has 0 spiro atoms. The van der Waals surface area contributed by atoms with Crippen molar-refractivity contribution in [3.05, 3.63) is 119 Å². The summed E-state index contributed by atoms with van der Waals surface area (Å²) in [5, 5.41) is 0. The van der Waals surface area contributed by atoms with Crippen LogP contribution in [-0.2, 0) is 4.74 Å². The quantitative estimate of drug-likeness (QED) is 0.622. The minimum Gasteiger partial charge on any atom is -0.456 e. The highest BCUT2D eigenvalue weighted by atomic mass is 16.5. The van der Waals surface area contributed by atoms with Crippen LogP contribution in [0.4, 0.5) is 0 Å². The monoisotopic (exact) mass is 336 g/mol. The van der Waals surface area contributed by atoms with Gasteiger partial charge in [-0.05, 0) is 11.6 Å². The second kappa shape index (κ2) is 5.85. The molecule has 0 amide bonds. The van der Waals surface area contributed by atoms with Crippen LogP contribution in [0.15, 0.2) is 96.6 Å². The van der Waals surface area contributed by atoms with Gasteiger partial charge in [-0.15, -0.1) is 0 Å². The molecule has 26 heavy (non-hydrogen) atoms. The van der Waals surface area contributed by atoms with Crippen LogP contribution in [0.1, 0.15) is 33.0 Å². The van der Waals surface area contributed by atoms with Crippen molar-refractivity contribution in [3.8, 4) is 0 Å².